The lowest BCUT2D eigenvalue weighted by molar-refractivity contribution is -0.137. The third-order valence-electron chi connectivity index (χ3n) is 1.98. The summed E-state index contributed by atoms with van der Waals surface area (Å²) in [6, 6.07) is 7.44. The number of carbonyl (C=O) groups is 1. The van der Waals surface area contributed by atoms with Crippen LogP contribution in [0.25, 0.3) is 6.08 Å². The maximum absolute atomic E-state index is 11.2. The first kappa shape index (κ1) is 12.3. The third-order valence-corrected chi connectivity index (χ3v) is 1.98. The van der Waals surface area contributed by atoms with Gasteiger partial charge in [0.05, 0.1) is 13.7 Å². The maximum Gasteiger partial charge on any atom is 0.330 e. The third kappa shape index (κ3) is 4.17. The van der Waals surface area contributed by atoms with Crippen LogP contribution in [0, 0.1) is 0 Å². The average molecular weight is 220 g/mol. The zero-order valence-corrected chi connectivity index (χ0v) is 9.60. The van der Waals surface area contributed by atoms with Crippen molar-refractivity contribution in [1.29, 1.82) is 0 Å². The summed E-state index contributed by atoms with van der Waals surface area (Å²) in [6.45, 7) is 2.42. The molecule has 0 saturated carbocycles. The summed E-state index contributed by atoms with van der Waals surface area (Å²) < 4.78 is 9.94. The highest BCUT2D eigenvalue weighted by Gasteiger charge is 1.95. The molecule has 0 spiro atoms. The quantitative estimate of drug-likeness (QED) is 0.565. The average Bonchev–Trinajstić information content (AvgIpc) is 2.34. The van der Waals surface area contributed by atoms with Crippen LogP contribution in [0.15, 0.2) is 30.3 Å². The van der Waals surface area contributed by atoms with Crippen molar-refractivity contribution in [3.05, 3.63) is 35.9 Å². The van der Waals surface area contributed by atoms with Gasteiger partial charge in [0, 0.05) is 6.08 Å². The number of ether oxygens (including phenoxy) is 2. The second-order valence-electron chi connectivity index (χ2n) is 3.27. The van der Waals surface area contributed by atoms with Gasteiger partial charge in [-0.25, -0.2) is 4.79 Å². The Morgan fingerprint density at radius 2 is 2.00 bits per heavy atom. The highest BCUT2D eigenvalue weighted by molar-refractivity contribution is 5.87. The van der Waals surface area contributed by atoms with Crippen LogP contribution in [0.1, 0.15) is 18.9 Å². The number of hydrogen-bond donors (Lipinski definition) is 0. The van der Waals surface area contributed by atoms with Crippen LogP contribution in [0.2, 0.25) is 0 Å². The number of esters is 1. The Bertz CT molecular complexity index is 352. The summed E-state index contributed by atoms with van der Waals surface area (Å²) in [5.41, 5.74) is 0.939. The molecule has 0 aromatic heterocycles. The molecule has 1 aromatic carbocycles. The van der Waals surface area contributed by atoms with Crippen LogP contribution in [0.4, 0.5) is 0 Å². The van der Waals surface area contributed by atoms with Crippen LogP contribution in [-0.2, 0) is 9.53 Å². The van der Waals surface area contributed by atoms with Gasteiger partial charge in [-0.15, -0.1) is 0 Å². The van der Waals surface area contributed by atoms with Gasteiger partial charge in [-0.05, 0) is 30.2 Å². The lowest BCUT2D eigenvalue weighted by atomic mass is 10.2. The lowest BCUT2D eigenvalue weighted by Gasteiger charge is -1.99. The molecule has 3 nitrogen and oxygen atoms in total. The molecule has 0 aliphatic carbocycles. The summed E-state index contributed by atoms with van der Waals surface area (Å²) in [5.74, 6) is 0.489. The largest absolute Gasteiger partial charge is 0.497 e. The van der Waals surface area contributed by atoms with Gasteiger partial charge in [-0.3, -0.25) is 0 Å². The Labute approximate surface area is 95.7 Å². The van der Waals surface area contributed by atoms with Crippen molar-refractivity contribution in [2.75, 3.05) is 13.7 Å². The number of benzene rings is 1. The highest BCUT2D eigenvalue weighted by Crippen LogP contribution is 2.12. The second-order valence-corrected chi connectivity index (χ2v) is 3.27. The van der Waals surface area contributed by atoms with E-state index >= 15 is 0 Å². The van der Waals surface area contributed by atoms with E-state index in [1.165, 1.54) is 6.08 Å². The van der Waals surface area contributed by atoms with E-state index in [1.54, 1.807) is 13.2 Å². The number of carbonyl (C=O) groups excluding carboxylic acids is 1. The molecule has 86 valence electrons. The van der Waals surface area contributed by atoms with Gasteiger partial charge in [0.25, 0.3) is 0 Å². The first-order valence-corrected chi connectivity index (χ1v) is 5.25. The minimum absolute atomic E-state index is 0.308. The molecule has 0 fully saturated rings. The standard InChI is InChI=1S/C13H16O3/c1-3-10-16-13(14)9-6-11-4-7-12(15-2)8-5-11/h4-9H,3,10H2,1-2H3/b9-6+. The Morgan fingerprint density at radius 3 is 2.56 bits per heavy atom. The van der Waals surface area contributed by atoms with Gasteiger partial charge in [0.15, 0.2) is 0 Å². The summed E-state index contributed by atoms with van der Waals surface area (Å²) in [4.78, 5) is 11.2. The molecule has 0 unspecified atom stereocenters. The molecule has 16 heavy (non-hydrogen) atoms. The summed E-state index contributed by atoms with van der Waals surface area (Å²) in [5, 5.41) is 0. The van der Waals surface area contributed by atoms with Gasteiger partial charge in [0.1, 0.15) is 5.75 Å². The first-order chi connectivity index (χ1) is 7.76. The van der Waals surface area contributed by atoms with Crippen LogP contribution < -0.4 is 4.74 Å². The topological polar surface area (TPSA) is 35.5 Å². The summed E-state index contributed by atoms with van der Waals surface area (Å²) in [7, 11) is 1.62. The number of rotatable bonds is 5. The molecule has 0 atom stereocenters. The molecule has 0 bridgehead atoms. The molecule has 0 heterocycles. The van der Waals surface area contributed by atoms with E-state index in [-0.39, 0.29) is 5.97 Å². The molecule has 0 aliphatic heterocycles. The Balaban J connectivity index is 2.52. The minimum atomic E-state index is -0.308. The lowest BCUT2D eigenvalue weighted by Crippen LogP contribution is -2.00. The van der Waals surface area contributed by atoms with E-state index in [0.29, 0.717) is 6.61 Å². The van der Waals surface area contributed by atoms with E-state index < -0.39 is 0 Å². The molecule has 0 aliphatic rings. The first-order valence-electron chi connectivity index (χ1n) is 5.25. The molecule has 3 heteroatoms. The number of methoxy groups -OCH3 is 1. The SMILES string of the molecule is CCCOC(=O)/C=C/c1ccc(OC)cc1. The number of hydrogen-bond acceptors (Lipinski definition) is 3. The molecule has 1 rings (SSSR count). The van der Waals surface area contributed by atoms with E-state index in [2.05, 4.69) is 0 Å². The molecule has 0 N–H and O–H groups in total. The molecule has 0 amide bonds. The fourth-order valence-corrected chi connectivity index (χ4v) is 1.13. The smallest absolute Gasteiger partial charge is 0.330 e. The van der Waals surface area contributed by atoms with Gasteiger partial charge in [-0.1, -0.05) is 19.1 Å². The monoisotopic (exact) mass is 220 g/mol. The molecule has 1 aromatic rings. The van der Waals surface area contributed by atoms with Crippen molar-refractivity contribution in [3.8, 4) is 5.75 Å². The van der Waals surface area contributed by atoms with Crippen LogP contribution in [0.3, 0.4) is 0 Å². The normalized spacial score (nSPS) is 10.4. The zero-order chi connectivity index (χ0) is 11.8. The Kier molecular flexibility index (Phi) is 5.12. The zero-order valence-electron chi connectivity index (χ0n) is 9.60. The van der Waals surface area contributed by atoms with Gasteiger partial charge in [-0.2, -0.15) is 0 Å². The fraction of sp³-hybridized carbons (Fsp3) is 0.308. The molecule has 0 saturated heterocycles. The van der Waals surface area contributed by atoms with E-state index in [4.69, 9.17) is 9.47 Å². The van der Waals surface area contributed by atoms with Crippen LogP contribution in [-0.4, -0.2) is 19.7 Å². The van der Waals surface area contributed by atoms with Crippen molar-refractivity contribution in [2.24, 2.45) is 0 Å². The van der Waals surface area contributed by atoms with Gasteiger partial charge >= 0.3 is 5.97 Å². The van der Waals surface area contributed by atoms with Crippen LogP contribution in [0.5, 0.6) is 5.75 Å². The fourth-order valence-electron chi connectivity index (χ4n) is 1.13. The van der Waals surface area contributed by atoms with Gasteiger partial charge < -0.3 is 9.47 Å². The predicted octanol–water partition coefficient (Wildman–Crippen LogP) is 2.66. The van der Waals surface area contributed by atoms with Crippen molar-refractivity contribution in [1.82, 2.24) is 0 Å². The molecular formula is C13H16O3. The van der Waals surface area contributed by atoms with E-state index in [1.807, 2.05) is 31.2 Å². The van der Waals surface area contributed by atoms with Crippen LogP contribution >= 0.6 is 0 Å². The van der Waals surface area contributed by atoms with Crippen molar-refractivity contribution >= 4 is 12.0 Å². The van der Waals surface area contributed by atoms with E-state index in [0.717, 1.165) is 17.7 Å². The highest BCUT2D eigenvalue weighted by atomic mass is 16.5. The second kappa shape index (κ2) is 6.67. The Morgan fingerprint density at radius 1 is 1.31 bits per heavy atom. The summed E-state index contributed by atoms with van der Waals surface area (Å²) >= 11 is 0. The van der Waals surface area contributed by atoms with Gasteiger partial charge in [0.2, 0.25) is 0 Å². The van der Waals surface area contributed by atoms with Crippen molar-refractivity contribution in [3.63, 3.8) is 0 Å². The van der Waals surface area contributed by atoms with Crippen molar-refractivity contribution in [2.45, 2.75) is 13.3 Å². The van der Waals surface area contributed by atoms with Crippen molar-refractivity contribution < 1.29 is 14.3 Å². The molecular weight excluding hydrogens is 204 g/mol. The van der Waals surface area contributed by atoms with E-state index in [9.17, 15) is 4.79 Å². The molecule has 0 radical (unpaired) electrons. The predicted molar refractivity (Wildman–Crippen MR) is 63.3 cm³/mol. The maximum atomic E-state index is 11.2. The Hall–Kier alpha value is -1.77. The summed E-state index contributed by atoms with van der Waals surface area (Å²) in [6.07, 6.45) is 3.98. The minimum Gasteiger partial charge on any atom is -0.497 e.